The SMILES string of the molecule is C(=C1CCc2cc3c(nc21)C(=Cc1ccccc1)CC3)c1ccccc1. The number of nitrogens with zero attached hydrogens (tertiary/aromatic N) is 1. The molecule has 2 aromatic carbocycles. The average Bonchev–Trinajstić information content (AvgIpc) is 3.26. The van der Waals surface area contributed by atoms with Gasteiger partial charge in [0.2, 0.25) is 0 Å². The largest absolute Gasteiger partial charge is 0.248 e. The number of hydrogen-bond acceptors (Lipinski definition) is 1. The Morgan fingerprint density at radius 2 is 1.04 bits per heavy atom. The summed E-state index contributed by atoms with van der Waals surface area (Å²) >= 11 is 0. The van der Waals surface area contributed by atoms with Crippen LogP contribution in [0.15, 0.2) is 66.7 Å². The molecule has 3 aromatic rings. The highest BCUT2D eigenvalue weighted by molar-refractivity contribution is 5.88. The lowest BCUT2D eigenvalue weighted by Crippen LogP contribution is -1.95. The molecular weight excluding hydrogens is 314 g/mol. The summed E-state index contributed by atoms with van der Waals surface area (Å²) in [6.07, 6.45) is 9.04. The summed E-state index contributed by atoms with van der Waals surface area (Å²) in [5.41, 5.74) is 10.6. The Kier molecular flexibility index (Phi) is 3.79. The molecule has 0 bridgehead atoms. The van der Waals surface area contributed by atoms with Crippen molar-refractivity contribution in [1.82, 2.24) is 4.98 Å². The molecule has 2 aliphatic rings. The summed E-state index contributed by atoms with van der Waals surface area (Å²) in [5.74, 6) is 0. The van der Waals surface area contributed by atoms with Crippen LogP contribution >= 0.6 is 0 Å². The highest BCUT2D eigenvalue weighted by Gasteiger charge is 2.25. The van der Waals surface area contributed by atoms with Gasteiger partial charge >= 0.3 is 0 Å². The van der Waals surface area contributed by atoms with Crippen LogP contribution in [0.25, 0.3) is 23.3 Å². The molecule has 0 N–H and O–H groups in total. The Hall–Kier alpha value is -2.93. The molecule has 5 rings (SSSR count). The number of rotatable bonds is 2. The molecule has 0 spiro atoms. The van der Waals surface area contributed by atoms with Crippen LogP contribution in [0.3, 0.4) is 0 Å². The minimum Gasteiger partial charge on any atom is -0.248 e. The maximum atomic E-state index is 5.15. The van der Waals surface area contributed by atoms with E-state index in [-0.39, 0.29) is 0 Å². The van der Waals surface area contributed by atoms with Crippen molar-refractivity contribution in [2.75, 3.05) is 0 Å². The van der Waals surface area contributed by atoms with Gasteiger partial charge in [-0.3, -0.25) is 0 Å². The topological polar surface area (TPSA) is 12.9 Å². The molecule has 1 aromatic heterocycles. The van der Waals surface area contributed by atoms with Gasteiger partial charge < -0.3 is 0 Å². The summed E-state index contributed by atoms with van der Waals surface area (Å²) in [6, 6.07) is 23.6. The third kappa shape index (κ3) is 2.80. The summed E-state index contributed by atoms with van der Waals surface area (Å²) < 4.78 is 0. The lowest BCUT2D eigenvalue weighted by molar-refractivity contribution is 1.04. The Balaban J connectivity index is 1.56. The van der Waals surface area contributed by atoms with Crippen molar-refractivity contribution >= 4 is 23.3 Å². The van der Waals surface area contributed by atoms with E-state index >= 15 is 0 Å². The monoisotopic (exact) mass is 335 g/mol. The van der Waals surface area contributed by atoms with Crippen LogP contribution in [0.5, 0.6) is 0 Å². The molecule has 26 heavy (non-hydrogen) atoms. The number of allylic oxidation sites excluding steroid dienone is 2. The Morgan fingerprint density at radius 1 is 0.577 bits per heavy atom. The number of aromatic nitrogens is 1. The normalized spacial score (nSPS) is 18.3. The van der Waals surface area contributed by atoms with Gasteiger partial charge in [-0.15, -0.1) is 0 Å². The molecule has 0 unspecified atom stereocenters. The molecule has 126 valence electrons. The zero-order valence-electron chi connectivity index (χ0n) is 14.8. The van der Waals surface area contributed by atoms with Crippen LogP contribution in [-0.2, 0) is 12.8 Å². The number of fused-ring (bicyclic) bond motifs is 2. The third-order valence-electron chi connectivity index (χ3n) is 5.40. The van der Waals surface area contributed by atoms with Gasteiger partial charge in [0.05, 0.1) is 11.4 Å². The number of aryl methyl sites for hydroxylation is 2. The smallest absolute Gasteiger partial charge is 0.0701 e. The standard InChI is InChI=1S/C25H21N/c1-3-7-18(8-4-1)15-20-11-13-22-17-23-14-12-21(25(23)26-24(20)22)16-19-9-5-2-6-10-19/h1-10,15-17H,11-14H2. The minimum absolute atomic E-state index is 1.10. The molecular formula is C25H21N. The summed E-state index contributed by atoms with van der Waals surface area (Å²) in [4.78, 5) is 5.15. The molecule has 0 radical (unpaired) electrons. The van der Waals surface area contributed by atoms with Crippen LogP contribution in [0.4, 0.5) is 0 Å². The summed E-state index contributed by atoms with van der Waals surface area (Å²) in [7, 11) is 0. The van der Waals surface area contributed by atoms with Crippen molar-refractivity contribution in [2.45, 2.75) is 25.7 Å². The van der Waals surface area contributed by atoms with E-state index in [1.807, 2.05) is 0 Å². The quantitative estimate of drug-likeness (QED) is 0.555. The van der Waals surface area contributed by atoms with E-state index in [0.717, 1.165) is 25.7 Å². The summed E-state index contributed by atoms with van der Waals surface area (Å²) in [5, 5.41) is 0. The van der Waals surface area contributed by atoms with Gasteiger partial charge in [-0.05, 0) is 71.2 Å². The van der Waals surface area contributed by atoms with E-state index in [1.54, 1.807) is 0 Å². The molecule has 0 fully saturated rings. The zero-order chi connectivity index (χ0) is 17.3. The fourth-order valence-corrected chi connectivity index (χ4v) is 4.10. The molecule has 0 saturated heterocycles. The van der Waals surface area contributed by atoms with Crippen LogP contribution in [-0.4, -0.2) is 4.98 Å². The van der Waals surface area contributed by atoms with Crippen LogP contribution < -0.4 is 0 Å². The van der Waals surface area contributed by atoms with Gasteiger partial charge in [-0.2, -0.15) is 0 Å². The third-order valence-corrected chi connectivity index (χ3v) is 5.40. The van der Waals surface area contributed by atoms with Crippen molar-refractivity contribution in [2.24, 2.45) is 0 Å². The van der Waals surface area contributed by atoms with Crippen molar-refractivity contribution < 1.29 is 0 Å². The van der Waals surface area contributed by atoms with Gasteiger partial charge in [0.1, 0.15) is 0 Å². The van der Waals surface area contributed by atoms with E-state index in [4.69, 9.17) is 4.98 Å². The predicted octanol–water partition coefficient (Wildman–Crippen LogP) is 6.06. The lowest BCUT2D eigenvalue weighted by Gasteiger charge is -2.07. The van der Waals surface area contributed by atoms with Gasteiger partial charge in [0.15, 0.2) is 0 Å². The second-order valence-corrected chi connectivity index (χ2v) is 7.16. The summed E-state index contributed by atoms with van der Waals surface area (Å²) in [6.45, 7) is 0. The molecule has 0 amide bonds. The van der Waals surface area contributed by atoms with Crippen molar-refractivity contribution in [3.63, 3.8) is 0 Å². The van der Waals surface area contributed by atoms with E-state index in [1.165, 1.54) is 44.8 Å². The first kappa shape index (κ1) is 15.3. The van der Waals surface area contributed by atoms with Crippen LogP contribution in [0.1, 0.15) is 46.5 Å². The van der Waals surface area contributed by atoms with Crippen molar-refractivity contribution in [3.8, 4) is 0 Å². The number of pyridine rings is 1. The highest BCUT2D eigenvalue weighted by Crippen LogP contribution is 2.39. The van der Waals surface area contributed by atoms with Gasteiger partial charge in [0.25, 0.3) is 0 Å². The second kappa shape index (κ2) is 6.42. The number of hydrogen-bond donors (Lipinski definition) is 0. The first-order valence-electron chi connectivity index (χ1n) is 9.41. The maximum Gasteiger partial charge on any atom is 0.0701 e. The van der Waals surface area contributed by atoms with E-state index in [0.29, 0.717) is 0 Å². The van der Waals surface area contributed by atoms with Crippen LogP contribution in [0, 0.1) is 0 Å². The Morgan fingerprint density at radius 3 is 1.50 bits per heavy atom. The molecule has 0 atom stereocenters. The zero-order valence-corrected chi connectivity index (χ0v) is 14.8. The van der Waals surface area contributed by atoms with Gasteiger partial charge in [-0.25, -0.2) is 4.98 Å². The average molecular weight is 335 g/mol. The predicted molar refractivity (Wildman–Crippen MR) is 110 cm³/mol. The Labute approximate surface area is 154 Å². The minimum atomic E-state index is 1.10. The molecule has 0 saturated carbocycles. The molecule has 1 nitrogen and oxygen atoms in total. The molecule has 1 heteroatoms. The molecule has 0 aliphatic heterocycles. The lowest BCUT2D eigenvalue weighted by atomic mass is 10.1. The molecule has 2 aliphatic carbocycles. The first-order chi connectivity index (χ1) is 12.9. The number of benzene rings is 2. The van der Waals surface area contributed by atoms with Crippen molar-refractivity contribution in [1.29, 1.82) is 0 Å². The molecule has 1 heterocycles. The van der Waals surface area contributed by atoms with E-state index in [2.05, 4.69) is 78.9 Å². The maximum absolute atomic E-state index is 5.15. The fourth-order valence-electron chi connectivity index (χ4n) is 4.10. The van der Waals surface area contributed by atoms with Gasteiger partial charge in [0, 0.05) is 0 Å². The van der Waals surface area contributed by atoms with Crippen molar-refractivity contribution in [3.05, 3.63) is 100 Å². The highest BCUT2D eigenvalue weighted by atomic mass is 14.7. The Bertz CT molecular complexity index is 930. The van der Waals surface area contributed by atoms with Crippen LogP contribution in [0.2, 0.25) is 0 Å². The van der Waals surface area contributed by atoms with E-state index < -0.39 is 0 Å². The van der Waals surface area contributed by atoms with Gasteiger partial charge in [-0.1, -0.05) is 66.7 Å². The van der Waals surface area contributed by atoms with E-state index in [9.17, 15) is 0 Å². The fraction of sp³-hybridized carbons (Fsp3) is 0.160. The first-order valence-corrected chi connectivity index (χ1v) is 9.41. The second-order valence-electron chi connectivity index (χ2n) is 7.16.